The Hall–Kier alpha value is -2.10. The molecule has 108 valence electrons. The van der Waals surface area contributed by atoms with E-state index in [4.69, 9.17) is 5.11 Å². The lowest BCUT2D eigenvalue weighted by atomic mass is 10.1. The Bertz CT molecular complexity index is 493. The Balaban J connectivity index is 2.81. The normalized spacial score (nSPS) is 11.3. The van der Waals surface area contributed by atoms with E-state index >= 15 is 0 Å². The quantitative estimate of drug-likeness (QED) is 0.840. The summed E-state index contributed by atoms with van der Waals surface area (Å²) in [5.41, 5.74) is 1.04. The number of carbonyl (C=O) groups excluding carboxylic acids is 1. The van der Waals surface area contributed by atoms with Crippen molar-refractivity contribution in [3.8, 4) is 0 Å². The average molecular weight is 275 g/mol. The van der Waals surface area contributed by atoms with Gasteiger partial charge in [-0.05, 0) is 51.5 Å². The molecule has 1 amide bonds. The van der Waals surface area contributed by atoms with E-state index < -0.39 is 5.97 Å². The van der Waals surface area contributed by atoms with Gasteiger partial charge in [-0.25, -0.2) is 4.79 Å². The van der Waals surface area contributed by atoms with Crippen LogP contribution in [0.25, 0.3) is 6.08 Å². The van der Waals surface area contributed by atoms with Crippen LogP contribution in [0.1, 0.15) is 43.6 Å². The molecule has 1 aromatic carbocycles. The predicted molar refractivity (Wildman–Crippen MR) is 79.6 cm³/mol. The molecule has 4 heteroatoms. The van der Waals surface area contributed by atoms with Crippen LogP contribution in [0.15, 0.2) is 30.3 Å². The second kappa shape index (κ2) is 6.89. The second-order valence-electron chi connectivity index (χ2n) is 5.19. The molecule has 0 aliphatic rings. The van der Waals surface area contributed by atoms with Crippen molar-refractivity contribution in [1.29, 1.82) is 0 Å². The van der Waals surface area contributed by atoms with Crippen molar-refractivity contribution in [2.24, 2.45) is 0 Å². The third-order valence-corrected chi connectivity index (χ3v) is 2.94. The zero-order valence-electron chi connectivity index (χ0n) is 12.3. The number of hydrogen-bond donors (Lipinski definition) is 1. The van der Waals surface area contributed by atoms with Gasteiger partial charge in [0.05, 0.1) is 5.56 Å². The monoisotopic (exact) mass is 275 g/mol. The SMILES string of the molecule is CC(C)N(C(=O)C=Cc1ccc(C(=O)O)cc1)C(C)C. The number of carboxylic acids is 1. The standard InChI is InChI=1S/C16H21NO3/c1-11(2)17(12(3)4)15(18)10-7-13-5-8-14(9-6-13)16(19)20/h5-12H,1-4H3,(H,19,20). The van der Waals surface area contributed by atoms with Crippen LogP contribution in [0, 0.1) is 0 Å². The highest BCUT2D eigenvalue weighted by molar-refractivity contribution is 5.92. The van der Waals surface area contributed by atoms with Gasteiger partial charge in [0.25, 0.3) is 0 Å². The molecule has 0 radical (unpaired) electrons. The molecule has 0 heterocycles. The summed E-state index contributed by atoms with van der Waals surface area (Å²) in [6.07, 6.45) is 3.22. The van der Waals surface area contributed by atoms with E-state index in [1.807, 2.05) is 27.7 Å². The molecule has 0 bridgehead atoms. The van der Waals surface area contributed by atoms with Gasteiger partial charge in [-0.3, -0.25) is 4.79 Å². The van der Waals surface area contributed by atoms with Gasteiger partial charge in [0.2, 0.25) is 5.91 Å². The first-order valence-electron chi connectivity index (χ1n) is 6.66. The molecule has 1 aromatic rings. The number of aromatic carboxylic acids is 1. The average Bonchev–Trinajstić information content (AvgIpc) is 2.36. The number of nitrogens with zero attached hydrogens (tertiary/aromatic N) is 1. The van der Waals surface area contributed by atoms with E-state index in [-0.39, 0.29) is 23.6 Å². The van der Waals surface area contributed by atoms with Crippen LogP contribution >= 0.6 is 0 Å². The summed E-state index contributed by atoms with van der Waals surface area (Å²) < 4.78 is 0. The molecule has 0 atom stereocenters. The summed E-state index contributed by atoms with van der Waals surface area (Å²) in [5, 5.41) is 8.81. The van der Waals surface area contributed by atoms with Crippen LogP contribution in [-0.2, 0) is 4.79 Å². The third-order valence-electron chi connectivity index (χ3n) is 2.94. The van der Waals surface area contributed by atoms with Crippen molar-refractivity contribution in [2.75, 3.05) is 0 Å². The molecule has 0 aliphatic heterocycles. The number of hydrogen-bond acceptors (Lipinski definition) is 2. The molecule has 0 unspecified atom stereocenters. The summed E-state index contributed by atoms with van der Waals surface area (Å²) in [6.45, 7) is 7.92. The summed E-state index contributed by atoms with van der Waals surface area (Å²) in [4.78, 5) is 24.7. The van der Waals surface area contributed by atoms with Gasteiger partial charge in [-0.15, -0.1) is 0 Å². The Labute approximate surface area is 119 Å². The zero-order valence-corrected chi connectivity index (χ0v) is 12.3. The lowest BCUT2D eigenvalue weighted by Crippen LogP contribution is -2.41. The molecule has 0 fully saturated rings. The Morgan fingerprint density at radius 1 is 1.05 bits per heavy atom. The summed E-state index contributed by atoms with van der Waals surface area (Å²) >= 11 is 0. The van der Waals surface area contributed by atoms with Crippen LogP contribution in [0.4, 0.5) is 0 Å². The smallest absolute Gasteiger partial charge is 0.335 e. The van der Waals surface area contributed by atoms with Crippen molar-refractivity contribution >= 4 is 18.0 Å². The van der Waals surface area contributed by atoms with Crippen molar-refractivity contribution in [3.05, 3.63) is 41.5 Å². The molecule has 0 saturated heterocycles. The molecule has 0 aliphatic carbocycles. The first kappa shape index (κ1) is 16.0. The van der Waals surface area contributed by atoms with E-state index in [2.05, 4.69) is 0 Å². The van der Waals surface area contributed by atoms with E-state index in [1.54, 1.807) is 23.1 Å². The highest BCUT2D eigenvalue weighted by atomic mass is 16.4. The Morgan fingerprint density at radius 3 is 1.95 bits per heavy atom. The maximum atomic E-state index is 12.1. The molecule has 1 N–H and O–H groups in total. The summed E-state index contributed by atoms with van der Waals surface area (Å²) in [5.74, 6) is -1.00. The van der Waals surface area contributed by atoms with E-state index in [0.717, 1.165) is 5.56 Å². The fourth-order valence-corrected chi connectivity index (χ4v) is 2.10. The third kappa shape index (κ3) is 4.23. The molecule has 0 spiro atoms. The number of carbonyl (C=O) groups is 2. The Morgan fingerprint density at radius 2 is 1.55 bits per heavy atom. The second-order valence-corrected chi connectivity index (χ2v) is 5.19. The molecular formula is C16H21NO3. The highest BCUT2D eigenvalue weighted by Crippen LogP contribution is 2.09. The van der Waals surface area contributed by atoms with Crippen LogP contribution in [-0.4, -0.2) is 34.0 Å². The van der Waals surface area contributed by atoms with E-state index in [1.165, 1.54) is 18.2 Å². The van der Waals surface area contributed by atoms with Gasteiger partial charge in [0.1, 0.15) is 0 Å². The largest absolute Gasteiger partial charge is 0.478 e. The van der Waals surface area contributed by atoms with Crippen molar-refractivity contribution in [1.82, 2.24) is 4.90 Å². The van der Waals surface area contributed by atoms with E-state index in [0.29, 0.717) is 0 Å². The Kier molecular flexibility index (Phi) is 5.50. The topological polar surface area (TPSA) is 57.6 Å². The molecule has 1 rings (SSSR count). The summed E-state index contributed by atoms with van der Waals surface area (Å²) in [7, 11) is 0. The highest BCUT2D eigenvalue weighted by Gasteiger charge is 2.17. The molecule has 20 heavy (non-hydrogen) atoms. The molecule has 4 nitrogen and oxygen atoms in total. The first-order valence-corrected chi connectivity index (χ1v) is 6.66. The van der Waals surface area contributed by atoms with Gasteiger partial charge in [0, 0.05) is 18.2 Å². The minimum absolute atomic E-state index is 0.0442. The van der Waals surface area contributed by atoms with Crippen LogP contribution < -0.4 is 0 Å². The van der Waals surface area contributed by atoms with E-state index in [9.17, 15) is 9.59 Å². The summed E-state index contributed by atoms with van der Waals surface area (Å²) in [6, 6.07) is 6.69. The fourth-order valence-electron chi connectivity index (χ4n) is 2.10. The first-order chi connectivity index (χ1) is 9.32. The van der Waals surface area contributed by atoms with Crippen molar-refractivity contribution in [2.45, 2.75) is 39.8 Å². The zero-order chi connectivity index (χ0) is 15.3. The molecule has 0 aromatic heterocycles. The van der Waals surface area contributed by atoms with Gasteiger partial charge < -0.3 is 10.0 Å². The molecule has 0 saturated carbocycles. The van der Waals surface area contributed by atoms with Gasteiger partial charge in [-0.2, -0.15) is 0 Å². The maximum absolute atomic E-state index is 12.1. The number of benzene rings is 1. The molecular weight excluding hydrogens is 254 g/mol. The van der Waals surface area contributed by atoms with Gasteiger partial charge >= 0.3 is 5.97 Å². The number of amides is 1. The van der Waals surface area contributed by atoms with Crippen LogP contribution in [0.3, 0.4) is 0 Å². The minimum atomic E-state index is -0.956. The lowest BCUT2D eigenvalue weighted by Gasteiger charge is -2.29. The van der Waals surface area contributed by atoms with Crippen LogP contribution in [0.5, 0.6) is 0 Å². The van der Waals surface area contributed by atoms with Gasteiger partial charge in [0.15, 0.2) is 0 Å². The minimum Gasteiger partial charge on any atom is -0.478 e. The van der Waals surface area contributed by atoms with Crippen molar-refractivity contribution in [3.63, 3.8) is 0 Å². The fraction of sp³-hybridized carbons (Fsp3) is 0.375. The maximum Gasteiger partial charge on any atom is 0.335 e. The number of carboxylic acid groups (broad SMARTS) is 1. The van der Waals surface area contributed by atoms with Crippen molar-refractivity contribution < 1.29 is 14.7 Å². The predicted octanol–water partition coefficient (Wildman–Crippen LogP) is 3.04. The lowest BCUT2D eigenvalue weighted by molar-refractivity contribution is -0.129. The van der Waals surface area contributed by atoms with Gasteiger partial charge in [-0.1, -0.05) is 12.1 Å². The van der Waals surface area contributed by atoms with Crippen LogP contribution in [0.2, 0.25) is 0 Å². The number of rotatable bonds is 5.